The summed E-state index contributed by atoms with van der Waals surface area (Å²) in [5.41, 5.74) is 7.81. The van der Waals surface area contributed by atoms with E-state index in [0.29, 0.717) is 46.8 Å². The Morgan fingerprint density at radius 3 is 2.30 bits per heavy atom. The van der Waals surface area contributed by atoms with Gasteiger partial charge in [0.1, 0.15) is 6.29 Å². The number of aliphatic hydroxyl groups is 1. The molecular weight excluding hydrogens is 370 g/mol. The molecule has 174 valence electrons. The third-order valence-electron chi connectivity index (χ3n) is 10.6. The highest BCUT2D eigenvalue weighted by Crippen LogP contribution is 2.65. The Bertz CT molecular complexity index is 569. The van der Waals surface area contributed by atoms with Gasteiger partial charge >= 0.3 is 0 Å². The van der Waals surface area contributed by atoms with Gasteiger partial charge < -0.3 is 15.6 Å². The lowest BCUT2D eigenvalue weighted by molar-refractivity contribution is -0.108. The van der Waals surface area contributed by atoms with Crippen molar-refractivity contribution in [3.8, 4) is 0 Å². The third-order valence-corrected chi connectivity index (χ3v) is 10.6. The largest absolute Gasteiger partial charge is 0.393 e. The van der Waals surface area contributed by atoms with E-state index in [1.165, 1.54) is 25.7 Å². The molecule has 3 aliphatic rings. The predicted molar refractivity (Wildman–Crippen MR) is 125 cm³/mol. The number of hydrogen-bond acceptors (Lipinski definition) is 3. The molecule has 0 saturated heterocycles. The van der Waals surface area contributed by atoms with Crippen LogP contribution in [0, 0.1) is 46.3 Å². The number of carbonyl (C=O) groups is 1. The molecule has 0 aliphatic heterocycles. The molecule has 0 aromatic heterocycles. The van der Waals surface area contributed by atoms with E-state index in [-0.39, 0.29) is 12.1 Å². The molecule has 3 rings (SSSR count). The molecule has 3 N–H and O–H groups in total. The molecule has 3 aliphatic carbocycles. The fraction of sp³-hybridized carbons (Fsp3) is 0.963. The molecule has 0 amide bonds. The number of rotatable bonds is 8. The highest BCUT2D eigenvalue weighted by atomic mass is 16.3. The Hall–Kier alpha value is -0.410. The van der Waals surface area contributed by atoms with Gasteiger partial charge in [0.25, 0.3) is 0 Å². The topological polar surface area (TPSA) is 63.3 Å². The summed E-state index contributed by atoms with van der Waals surface area (Å²) in [6, 6.07) is 0.275. The zero-order valence-electron chi connectivity index (χ0n) is 20.4. The molecule has 0 bridgehead atoms. The van der Waals surface area contributed by atoms with Gasteiger partial charge in [0.05, 0.1) is 6.10 Å². The van der Waals surface area contributed by atoms with Crippen LogP contribution in [-0.2, 0) is 4.79 Å². The molecule has 3 fully saturated rings. The monoisotopic (exact) mass is 419 g/mol. The van der Waals surface area contributed by atoms with Crippen LogP contribution in [0.5, 0.6) is 0 Å². The minimum absolute atomic E-state index is 0.0943. The Labute approximate surface area is 186 Å². The van der Waals surface area contributed by atoms with Crippen LogP contribution in [-0.4, -0.2) is 23.5 Å². The standard InChI is InChI=1S/C27H49NO2/c1-6-18(2)25(28)24-22(26(4)14-11-20(30)12-15-26)13-16-27(5)21(9-10-23(24)27)19(3)8-7-17-29/h17-25,30H,6-16,28H2,1-5H3/t18-,19+,20-,21+,22?,23?,24?,25-,26+,27+/m0/s1. The van der Waals surface area contributed by atoms with E-state index in [1.807, 2.05) is 0 Å². The maximum atomic E-state index is 11.0. The summed E-state index contributed by atoms with van der Waals surface area (Å²) < 4.78 is 0. The Morgan fingerprint density at radius 1 is 1.03 bits per heavy atom. The lowest BCUT2D eigenvalue weighted by atomic mass is 9.48. The van der Waals surface area contributed by atoms with E-state index in [4.69, 9.17) is 5.73 Å². The quantitative estimate of drug-likeness (QED) is 0.476. The van der Waals surface area contributed by atoms with Crippen LogP contribution in [0.1, 0.15) is 105 Å². The van der Waals surface area contributed by atoms with Crippen molar-refractivity contribution in [3.63, 3.8) is 0 Å². The molecule has 0 radical (unpaired) electrons. The minimum atomic E-state index is -0.0943. The number of carbonyl (C=O) groups excluding carboxylic acids is 1. The number of nitrogens with two attached hydrogens (primary N) is 1. The van der Waals surface area contributed by atoms with Crippen molar-refractivity contribution in [2.45, 2.75) is 117 Å². The zero-order chi connectivity index (χ0) is 22.1. The van der Waals surface area contributed by atoms with Crippen molar-refractivity contribution >= 4 is 6.29 Å². The van der Waals surface area contributed by atoms with Crippen LogP contribution in [0.25, 0.3) is 0 Å². The van der Waals surface area contributed by atoms with E-state index in [0.717, 1.165) is 50.7 Å². The maximum absolute atomic E-state index is 11.0. The lowest BCUT2D eigenvalue weighted by Crippen LogP contribution is -2.55. The third kappa shape index (κ3) is 4.40. The first kappa shape index (κ1) is 24.2. The van der Waals surface area contributed by atoms with E-state index in [1.54, 1.807) is 0 Å². The molecule has 0 aromatic rings. The SMILES string of the molecule is CC[C@H](C)[C@H](N)C1C2CC[C@H]([C@H](C)CCC=O)[C@@]2(C)CCC1[C@]1(C)CC[C@H](O)CC1. The Morgan fingerprint density at radius 2 is 1.70 bits per heavy atom. The first-order valence-corrected chi connectivity index (χ1v) is 13.0. The molecule has 3 saturated carbocycles. The number of aliphatic hydroxyl groups excluding tert-OH is 1. The van der Waals surface area contributed by atoms with Crippen molar-refractivity contribution < 1.29 is 9.90 Å². The van der Waals surface area contributed by atoms with Gasteiger partial charge in [-0.1, -0.05) is 41.0 Å². The predicted octanol–water partition coefficient (Wildman–Crippen LogP) is 5.97. The number of hydrogen-bond donors (Lipinski definition) is 2. The van der Waals surface area contributed by atoms with E-state index >= 15 is 0 Å². The van der Waals surface area contributed by atoms with Crippen LogP contribution < -0.4 is 5.73 Å². The second kappa shape index (κ2) is 9.61. The van der Waals surface area contributed by atoms with Crippen molar-refractivity contribution in [1.82, 2.24) is 0 Å². The van der Waals surface area contributed by atoms with Gasteiger partial charge in [-0.25, -0.2) is 0 Å². The lowest BCUT2D eigenvalue weighted by Gasteiger charge is -2.57. The second-order valence-corrected chi connectivity index (χ2v) is 12.1. The van der Waals surface area contributed by atoms with Crippen LogP contribution in [0.2, 0.25) is 0 Å². The second-order valence-electron chi connectivity index (χ2n) is 12.1. The van der Waals surface area contributed by atoms with Crippen molar-refractivity contribution in [3.05, 3.63) is 0 Å². The van der Waals surface area contributed by atoms with Gasteiger partial charge in [0, 0.05) is 12.5 Å². The molecule has 8 atom stereocenters. The fourth-order valence-corrected chi connectivity index (χ4v) is 8.34. The van der Waals surface area contributed by atoms with E-state index in [2.05, 4.69) is 34.6 Å². The van der Waals surface area contributed by atoms with Gasteiger partial charge in [-0.3, -0.25) is 0 Å². The first-order chi connectivity index (χ1) is 14.2. The van der Waals surface area contributed by atoms with Gasteiger partial charge in [-0.15, -0.1) is 0 Å². The molecule has 3 nitrogen and oxygen atoms in total. The Balaban J connectivity index is 1.89. The molecule has 0 aromatic carbocycles. The minimum Gasteiger partial charge on any atom is -0.393 e. The summed E-state index contributed by atoms with van der Waals surface area (Å²) in [5, 5.41) is 10.1. The molecule has 30 heavy (non-hydrogen) atoms. The van der Waals surface area contributed by atoms with Crippen LogP contribution in [0.4, 0.5) is 0 Å². The molecule has 3 unspecified atom stereocenters. The van der Waals surface area contributed by atoms with Crippen LogP contribution in [0.3, 0.4) is 0 Å². The number of fused-ring (bicyclic) bond motifs is 1. The van der Waals surface area contributed by atoms with Gasteiger partial charge in [-0.05, 0) is 104 Å². The number of aldehydes is 1. The summed E-state index contributed by atoms with van der Waals surface area (Å²) in [6.07, 6.45) is 13.4. The molecule has 0 heterocycles. The van der Waals surface area contributed by atoms with Crippen LogP contribution in [0.15, 0.2) is 0 Å². The van der Waals surface area contributed by atoms with E-state index in [9.17, 15) is 9.90 Å². The maximum Gasteiger partial charge on any atom is 0.120 e. The highest BCUT2D eigenvalue weighted by Gasteiger charge is 2.59. The van der Waals surface area contributed by atoms with Crippen molar-refractivity contribution in [2.24, 2.45) is 52.1 Å². The van der Waals surface area contributed by atoms with Crippen molar-refractivity contribution in [1.29, 1.82) is 0 Å². The Kier molecular flexibility index (Phi) is 7.76. The van der Waals surface area contributed by atoms with E-state index < -0.39 is 0 Å². The smallest absolute Gasteiger partial charge is 0.120 e. The first-order valence-electron chi connectivity index (χ1n) is 13.0. The summed E-state index contributed by atoms with van der Waals surface area (Å²) >= 11 is 0. The van der Waals surface area contributed by atoms with Gasteiger partial charge in [0.15, 0.2) is 0 Å². The summed E-state index contributed by atoms with van der Waals surface area (Å²) in [6.45, 7) is 12.1. The van der Waals surface area contributed by atoms with Gasteiger partial charge in [0.2, 0.25) is 0 Å². The normalized spacial score (nSPS) is 44.8. The average molecular weight is 420 g/mol. The van der Waals surface area contributed by atoms with Gasteiger partial charge in [-0.2, -0.15) is 0 Å². The average Bonchev–Trinajstić information content (AvgIpc) is 3.09. The van der Waals surface area contributed by atoms with Crippen molar-refractivity contribution in [2.75, 3.05) is 0 Å². The summed E-state index contributed by atoms with van der Waals surface area (Å²) in [4.78, 5) is 11.0. The molecule has 0 spiro atoms. The highest BCUT2D eigenvalue weighted by molar-refractivity contribution is 5.49. The zero-order valence-corrected chi connectivity index (χ0v) is 20.4. The summed E-state index contributed by atoms with van der Waals surface area (Å²) in [5.74, 6) is 3.92. The fourth-order valence-electron chi connectivity index (χ4n) is 8.34. The van der Waals surface area contributed by atoms with Crippen LogP contribution >= 0.6 is 0 Å². The summed E-state index contributed by atoms with van der Waals surface area (Å²) in [7, 11) is 0. The molecule has 3 heteroatoms. The molecular formula is C27H49NO2.